The van der Waals surface area contributed by atoms with E-state index < -0.39 is 10.0 Å². The topological polar surface area (TPSA) is 111 Å². The molecule has 2 rings (SSSR count). The van der Waals surface area contributed by atoms with E-state index in [1.54, 1.807) is 6.92 Å². The van der Waals surface area contributed by atoms with Gasteiger partial charge in [0.2, 0.25) is 0 Å². The molecule has 1 heterocycles. The summed E-state index contributed by atoms with van der Waals surface area (Å²) >= 11 is 1.44. The first kappa shape index (κ1) is 15.2. The highest BCUT2D eigenvalue weighted by atomic mass is 32.2. The van der Waals surface area contributed by atoms with Gasteiger partial charge in [0, 0.05) is 4.88 Å². The SMILES string of the molecule is C/C(=N/S(=O)(=O)c1ccc(N=C(N)N)cc1)c1cccs1. The first-order valence-electron chi connectivity index (χ1n) is 5.93. The standard InChI is InChI=1S/C13H14N4O2S2/c1-9(12-3-2-8-20-12)17-21(18,19)11-6-4-10(5-7-11)16-13(14)15/h2-8H,1H3,(H4,14,15,16)/b17-9-. The highest BCUT2D eigenvalue weighted by Gasteiger charge is 2.13. The fraction of sp³-hybridized carbons (Fsp3) is 0.0769. The van der Waals surface area contributed by atoms with Crippen molar-refractivity contribution in [2.45, 2.75) is 11.8 Å². The van der Waals surface area contributed by atoms with Gasteiger partial charge in [-0.2, -0.15) is 12.8 Å². The molecule has 1 aromatic heterocycles. The lowest BCUT2D eigenvalue weighted by molar-refractivity contribution is 0.598. The molecule has 110 valence electrons. The van der Waals surface area contributed by atoms with E-state index >= 15 is 0 Å². The third-order valence-electron chi connectivity index (χ3n) is 2.53. The van der Waals surface area contributed by atoms with Gasteiger partial charge >= 0.3 is 0 Å². The Morgan fingerprint density at radius 1 is 1.14 bits per heavy atom. The van der Waals surface area contributed by atoms with E-state index in [0.717, 1.165) is 4.88 Å². The summed E-state index contributed by atoms with van der Waals surface area (Å²) in [5, 5.41) is 1.87. The maximum Gasteiger partial charge on any atom is 0.282 e. The van der Waals surface area contributed by atoms with E-state index in [1.807, 2.05) is 17.5 Å². The average molecular weight is 322 g/mol. The van der Waals surface area contributed by atoms with Gasteiger partial charge < -0.3 is 11.5 Å². The van der Waals surface area contributed by atoms with Gasteiger partial charge in [-0.15, -0.1) is 11.3 Å². The lowest BCUT2D eigenvalue weighted by Gasteiger charge is -2.02. The molecule has 0 atom stereocenters. The zero-order valence-electron chi connectivity index (χ0n) is 11.2. The van der Waals surface area contributed by atoms with Gasteiger partial charge in [0.15, 0.2) is 5.96 Å². The molecule has 2 aromatic rings. The van der Waals surface area contributed by atoms with Crippen molar-refractivity contribution >= 4 is 38.7 Å². The van der Waals surface area contributed by atoms with E-state index in [9.17, 15) is 8.42 Å². The molecule has 0 unspecified atom stereocenters. The second-order valence-electron chi connectivity index (χ2n) is 4.16. The van der Waals surface area contributed by atoms with Crippen LogP contribution in [0.3, 0.4) is 0 Å². The zero-order valence-corrected chi connectivity index (χ0v) is 12.9. The largest absolute Gasteiger partial charge is 0.370 e. The number of guanidine groups is 1. The van der Waals surface area contributed by atoms with Crippen LogP contribution >= 0.6 is 11.3 Å². The summed E-state index contributed by atoms with van der Waals surface area (Å²) in [5.74, 6) is -0.0860. The molecule has 0 bridgehead atoms. The number of nitrogens with zero attached hydrogens (tertiary/aromatic N) is 2. The summed E-state index contributed by atoms with van der Waals surface area (Å²) in [7, 11) is -3.75. The number of benzene rings is 1. The number of aliphatic imine (C=N–C) groups is 1. The molecule has 1 aromatic carbocycles. The molecule has 0 aliphatic heterocycles. The Hall–Kier alpha value is -2.19. The Bertz CT molecular complexity index is 772. The number of nitrogens with two attached hydrogens (primary N) is 2. The quantitative estimate of drug-likeness (QED) is 0.661. The second kappa shape index (κ2) is 6.06. The van der Waals surface area contributed by atoms with Gasteiger partial charge in [0.25, 0.3) is 10.0 Å². The van der Waals surface area contributed by atoms with E-state index in [2.05, 4.69) is 9.39 Å². The number of rotatable bonds is 4. The van der Waals surface area contributed by atoms with Crippen molar-refractivity contribution in [1.29, 1.82) is 0 Å². The first-order valence-corrected chi connectivity index (χ1v) is 8.25. The third kappa shape index (κ3) is 3.89. The van der Waals surface area contributed by atoms with Gasteiger partial charge in [0.05, 0.1) is 16.3 Å². The molecule has 0 saturated heterocycles. The predicted molar refractivity (Wildman–Crippen MR) is 85.6 cm³/mol. The van der Waals surface area contributed by atoms with Crippen LogP contribution in [-0.2, 0) is 10.0 Å². The molecule has 21 heavy (non-hydrogen) atoms. The number of hydrogen-bond acceptors (Lipinski definition) is 4. The summed E-state index contributed by atoms with van der Waals surface area (Å²) in [6.45, 7) is 1.66. The van der Waals surface area contributed by atoms with Crippen molar-refractivity contribution < 1.29 is 8.42 Å². The molecule has 0 radical (unpaired) electrons. The van der Waals surface area contributed by atoms with Crippen LogP contribution in [0.1, 0.15) is 11.8 Å². The van der Waals surface area contributed by atoms with Crippen molar-refractivity contribution in [2.24, 2.45) is 20.9 Å². The Morgan fingerprint density at radius 2 is 1.81 bits per heavy atom. The Morgan fingerprint density at radius 3 is 2.33 bits per heavy atom. The maximum atomic E-state index is 12.2. The maximum absolute atomic E-state index is 12.2. The highest BCUT2D eigenvalue weighted by molar-refractivity contribution is 7.90. The molecule has 8 heteroatoms. The van der Waals surface area contributed by atoms with Gasteiger partial charge in [-0.1, -0.05) is 6.07 Å². The minimum absolute atomic E-state index is 0.0860. The minimum atomic E-state index is -3.75. The Labute approximate surface area is 126 Å². The molecule has 0 aliphatic carbocycles. The summed E-state index contributed by atoms with van der Waals surface area (Å²) in [4.78, 5) is 4.73. The molecule has 0 spiro atoms. The van der Waals surface area contributed by atoms with Crippen molar-refractivity contribution in [3.63, 3.8) is 0 Å². The fourth-order valence-electron chi connectivity index (χ4n) is 1.60. The monoisotopic (exact) mass is 322 g/mol. The molecule has 0 amide bonds. The first-order chi connectivity index (χ1) is 9.88. The summed E-state index contributed by atoms with van der Waals surface area (Å²) < 4.78 is 28.2. The number of thiophene rings is 1. The predicted octanol–water partition coefficient (Wildman–Crippen LogP) is 1.85. The summed E-state index contributed by atoms with van der Waals surface area (Å²) in [6.07, 6.45) is 0. The van der Waals surface area contributed by atoms with Crippen molar-refractivity contribution in [2.75, 3.05) is 0 Å². The van der Waals surface area contributed by atoms with Crippen LogP contribution in [0.4, 0.5) is 5.69 Å². The average Bonchev–Trinajstić information content (AvgIpc) is 2.92. The zero-order chi connectivity index (χ0) is 15.5. The molecule has 0 fully saturated rings. The molecule has 0 saturated carbocycles. The lowest BCUT2D eigenvalue weighted by Crippen LogP contribution is -2.21. The van der Waals surface area contributed by atoms with E-state index in [1.165, 1.54) is 35.6 Å². The van der Waals surface area contributed by atoms with Crippen LogP contribution < -0.4 is 11.5 Å². The molecular formula is C13H14N4O2S2. The number of hydrogen-bond donors (Lipinski definition) is 2. The van der Waals surface area contributed by atoms with Crippen LogP contribution in [0.2, 0.25) is 0 Å². The normalized spacial score (nSPS) is 12.1. The molecular weight excluding hydrogens is 308 g/mol. The van der Waals surface area contributed by atoms with Crippen LogP contribution in [-0.4, -0.2) is 20.1 Å². The minimum Gasteiger partial charge on any atom is -0.370 e. The second-order valence-corrected chi connectivity index (χ2v) is 6.71. The van der Waals surface area contributed by atoms with Crippen molar-refractivity contribution in [3.8, 4) is 0 Å². The Kier molecular flexibility index (Phi) is 4.39. The van der Waals surface area contributed by atoms with E-state index in [4.69, 9.17) is 11.5 Å². The third-order valence-corrected chi connectivity index (χ3v) is 4.89. The molecule has 6 nitrogen and oxygen atoms in total. The van der Waals surface area contributed by atoms with Gasteiger partial charge in [-0.05, 0) is 42.6 Å². The fourth-order valence-corrected chi connectivity index (χ4v) is 3.38. The van der Waals surface area contributed by atoms with Crippen LogP contribution in [0.5, 0.6) is 0 Å². The highest BCUT2D eigenvalue weighted by Crippen LogP contribution is 2.19. The van der Waals surface area contributed by atoms with Gasteiger partial charge in [0.1, 0.15) is 0 Å². The summed E-state index contributed by atoms with van der Waals surface area (Å²) in [6, 6.07) is 9.53. The van der Waals surface area contributed by atoms with Crippen LogP contribution in [0.25, 0.3) is 0 Å². The van der Waals surface area contributed by atoms with Gasteiger partial charge in [-0.3, -0.25) is 0 Å². The summed E-state index contributed by atoms with van der Waals surface area (Å²) in [5.41, 5.74) is 11.5. The molecule has 4 N–H and O–H groups in total. The Balaban J connectivity index is 2.32. The van der Waals surface area contributed by atoms with Gasteiger partial charge in [-0.25, -0.2) is 4.99 Å². The van der Waals surface area contributed by atoms with Crippen LogP contribution in [0, 0.1) is 0 Å². The van der Waals surface area contributed by atoms with E-state index in [0.29, 0.717) is 11.4 Å². The lowest BCUT2D eigenvalue weighted by atomic mass is 10.3. The van der Waals surface area contributed by atoms with Crippen molar-refractivity contribution in [3.05, 3.63) is 46.7 Å². The smallest absolute Gasteiger partial charge is 0.282 e. The number of sulfonamides is 1. The van der Waals surface area contributed by atoms with Crippen molar-refractivity contribution in [1.82, 2.24) is 0 Å². The van der Waals surface area contributed by atoms with E-state index in [-0.39, 0.29) is 10.9 Å². The van der Waals surface area contributed by atoms with Crippen LogP contribution in [0.15, 0.2) is 56.1 Å². The molecule has 0 aliphatic rings.